The summed E-state index contributed by atoms with van der Waals surface area (Å²) >= 11 is 0. The predicted octanol–water partition coefficient (Wildman–Crippen LogP) is 1.37. The first kappa shape index (κ1) is 16.6. The number of nitrogens with one attached hydrogen (secondary N) is 1. The van der Waals surface area contributed by atoms with Gasteiger partial charge in [-0.2, -0.15) is 0 Å². The van der Waals surface area contributed by atoms with E-state index in [0.29, 0.717) is 6.42 Å². The predicted molar refractivity (Wildman–Crippen MR) is 47.4 cm³/mol. The van der Waals surface area contributed by atoms with Crippen molar-refractivity contribution < 1.29 is 9.59 Å². The van der Waals surface area contributed by atoms with Crippen LogP contribution in [0.25, 0.3) is 0 Å². The van der Waals surface area contributed by atoms with Gasteiger partial charge >= 0.3 is 0 Å². The van der Waals surface area contributed by atoms with E-state index in [0.717, 1.165) is 0 Å². The molecule has 0 spiro atoms. The summed E-state index contributed by atoms with van der Waals surface area (Å²) in [5, 5.41) is 2.39. The van der Waals surface area contributed by atoms with Crippen LogP contribution in [0.3, 0.4) is 0 Å². The molecule has 11 heavy (non-hydrogen) atoms. The fraction of sp³-hybridized carbons (Fsp3) is 0.750. The molecule has 0 rings (SSSR count). The first-order valence-electron chi connectivity index (χ1n) is 3.22. The maximum atomic E-state index is 9.81. The number of hydrogen-bond donors (Lipinski definition) is 1. The summed E-state index contributed by atoms with van der Waals surface area (Å²) in [6.07, 6.45) is 0.667. The summed E-state index contributed by atoms with van der Waals surface area (Å²) < 4.78 is 0. The maximum Gasteiger partial charge on any atom is 0.216 e. The van der Waals surface area contributed by atoms with Crippen molar-refractivity contribution in [3.8, 4) is 0 Å². The highest BCUT2D eigenvalue weighted by atomic mass is 16.1. The molecule has 0 aliphatic heterocycles. The van der Waals surface area contributed by atoms with Crippen LogP contribution in [0.4, 0.5) is 0 Å². The maximum absolute atomic E-state index is 9.81. The van der Waals surface area contributed by atoms with Crippen molar-refractivity contribution in [3.05, 3.63) is 0 Å². The van der Waals surface area contributed by atoms with Gasteiger partial charge in [0.1, 0.15) is 5.78 Å². The van der Waals surface area contributed by atoms with Gasteiger partial charge in [-0.1, -0.05) is 14.4 Å². The molecular weight excluding hydrogens is 142 g/mol. The third kappa shape index (κ3) is 47.3. The Morgan fingerprint density at radius 1 is 1.27 bits per heavy atom. The molecule has 0 aliphatic carbocycles. The molecule has 0 aromatic rings. The largest absolute Gasteiger partial charge is 0.359 e. The standard InChI is InChI=1S/C4H8O.C3H7NO.CH4/c1-3-4(2)5;1-3(5)4-2;/h3H2,1-2H3;1-2H3,(H,4,5);1H4. The molecule has 3 nitrogen and oxygen atoms in total. The molecule has 0 heterocycles. The van der Waals surface area contributed by atoms with Crippen LogP contribution < -0.4 is 5.32 Å². The SMILES string of the molecule is C.CCC(C)=O.CNC(C)=O. The Morgan fingerprint density at radius 2 is 1.45 bits per heavy atom. The zero-order chi connectivity index (χ0) is 8.57. The Hall–Kier alpha value is -0.860. The van der Waals surface area contributed by atoms with E-state index < -0.39 is 0 Å². The van der Waals surface area contributed by atoms with Gasteiger partial charge in [0.25, 0.3) is 0 Å². The van der Waals surface area contributed by atoms with Gasteiger partial charge in [-0.05, 0) is 6.92 Å². The van der Waals surface area contributed by atoms with Gasteiger partial charge in [0, 0.05) is 20.4 Å². The second-order valence-corrected chi connectivity index (χ2v) is 1.86. The van der Waals surface area contributed by atoms with E-state index in [2.05, 4.69) is 5.32 Å². The molecule has 0 saturated heterocycles. The highest BCUT2D eigenvalue weighted by Gasteiger charge is 1.76. The highest BCUT2D eigenvalue weighted by Crippen LogP contribution is 1.71. The Kier molecular flexibility index (Phi) is 17.9. The van der Waals surface area contributed by atoms with Gasteiger partial charge in [-0.25, -0.2) is 0 Å². The summed E-state index contributed by atoms with van der Waals surface area (Å²) in [5.74, 6) is 0.259. The van der Waals surface area contributed by atoms with Gasteiger partial charge in [0.2, 0.25) is 5.91 Å². The summed E-state index contributed by atoms with van der Waals surface area (Å²) in [6.45, 7) is 4.91. The van der Waals surface area contributed by atoms with Crippen LogP contribution in [0.2, 0.25) is 0 Å². The molecule has 68 valence electrons. The summed E-state index contributed by atoms with van der Waals surface area (Å²) in [6, 6.07) is 0. The van der Waals surface area contributed by atoms with Crippen LogP contribution >= 0.6 is 0 Å². The smallest absolute Gasteiger partial charge is 0.216 e. The first-order chi connectivity index (χ1) is 4.54. The van der Waals surface area contributed by atoms with Crippen LogP contribution in [0.1, 0.15) is 34.6 Å². The van der Waals surface area contributed by atoms with Crippen LogP contribution in [-0.4, -0.2) is 18.7 Å². The molecule has 3 heteroatoms. The number of hydrogen-bond acceptors (Lipinski definition) is 2. The highest BCUT2D eigenvalue weighted by molar-refractivity contribution is 5.74. The fourth-order valence-corrected chi connectivity index (χ4v) is 0. The van der Waals surface area contributed by atoms with E-state index in [1.54, 1.807) is 14.0 Å². The molecule has 0 fully saturated rings. The molecule has 0 saturated carbocycles. The van der Waals surface area contributed by atoms with E-state index >= 15 is 0 Å². The Morgan fingerprint density at radius 3 is 1.45 bits per heavy atom. The molecule has 0 unspecified atom stereocenters. The second-order valence-electron chi connectivity index (χ2n) is 1.86. The van der Waals surface area contributed by atoms with Crippen molar-refractivity contribution in [2.75, 3.05) is 7.05 Å². The van der Waals surface area contributed by atoms with E-state index in [9.17, 15) is 9.59 Å². The lowest BCUT2D eigenvalue weighted by Gasteiger charge is -1.80. The van der Waals surface area contributed by atoms with Gasteiger partial charge in [-0.15, -0.1) is 0 Å². The van der Waals surface area contributed by atoms with Crippen molar-refractivity contribution in [1.82, 2.24) is 5.32 Å². The average molecular weight is 161 g/mol. The quantitative estimate of drug-likeness (QED) is 0.631. The lowest BCUT2D eigenvalue weighted by atomic mass is 10.4. The zero-order valence-electron chi connectivity index (χ0n) is 7.02. The number of amides is 1. The second kappa shape index (κ2) is 11.9. The number of Topliss-reactive ketones (excluding diaryl/α,β-unsaturated/α-hetero) is 1. The van der Waals surface area contributed by atoms with Crippen LogP contribution in [0.15, 0.2) is 0 Å². The lowest BCUT2D eigenvalue weighted by Crippen LogP contribution is -2.11. The third-order valence-electron chi connectivity index (χ3n) is 0.850. The van der Waals surface area contributed by atoms with Gasteiger partial charge in [-0.3, -0.25) is 4.79 Å². The summed E-state index contributed by atoms with van der Waals surface area (Å²) in [4.78, 5) is 19.5. The summed E-state index contributed by atoms with van der Waals surface area (Å²) in [7, 11) is 1.60. The van der Waals surface area contributed by atoms with Gasteiger partial charge in [0.05, 0.1) is 0 Å². The fourth-order valence-electron chi connectivity index (χ4n) is 0. The summed E-state index contributed by atoms with van der Waals surface area (Å²) in [5.41, 5.74) is 0. The van der Waals surface area contributed by atoms with Crippen LogP contribution in [0.5, 0.6) is 0 Å². The van der Waals surface area contributed by atoms with Gasteiger partial charge in [0.15, 0.2) is 0 Å². The lowest BCUT2D eigenvalue weighted by molar-refractivity contribution is -0.118. The molecule has 0 atom stereocenters. The van der Waals surface area contributed by atoms with E-state index in [1.165, 1.54) is 6.92 Å². The molecule has 0 aliphatic rings. The van der Waals surface area contributed by atoms with Crippen molar-refractivity contribution in [3.63, 3.8) is 0 Å². The minimum atomic E-state index is 0. The molecule has 0 aromatic heterocycles. The van der Waals surface area contributed by atoms with Crippen molar-refractivity contribution in [1.29, 1.82) is 0 Å². The molecule has 0 radical (unpaired) electrons. The minimum absolute atomic E-state index is 0. The Balaban J connectivity index is -0.000000107. The van der Waals surface area contributed by atoms with E-state index in [1.807, 2.05) is 6.92 Å². The normalized spacial score (nSPS) is 6.55. The van der Waals surface area contributed by atoms with Crippen molar-refractivity contribution >= 4 is 11.7 Å². The third-order valence-corrected chi connectivity index (χ3v) is 0.850. The van der Waals surface area contributed by atoms with E-state index in [-0.39, 0.29) is 19.1 Å². The van der Waals surface area contributed by atoms with Crippen LogP contribution in [-0.2, 0) is 9.59 Å². The number of carbonyl (C=O) groups is 2. The van der Waals surface area contributed by atoms with Crippen LogP contribution in [0, 0.1) is 0 Å². The number of ketones is 1. The first-order valence-corrected chi connectivity index (χ1v) is 3.22. The average Bonchev–Trinajstić information content (AvgIpc) is 1.89. The molecule has 0 bridgehead atoms. The van der Waals surface area contributed by atoms with Gasteiger partial charge < -0.3 is 10.1 Å². The molecule has 1 amide bonds. The number of carbonyl (C=O) groups excluding carboxylic acids is 2. The van der Waals surface area contributed by atoms with Crippen molar-refractivity contribution in [2.45, 2.75) is 34.6 Å². The zero-order valence-corrected chi connectivity index (χ0v) is 7.02. The number of rotatable bonds is 1. The Bertz CT molecular complexity index is 96.7. The molecular formula is C8H19NO2. The monoisotopic (exact) mass is 161 g/mol. The minimum Gasteiger partial charge on any atom is -0.359 e. The molecule has 0 aromatic carbocycles. The van der Waals surface area contributed by atoms with Crippen molar-refractivity contribution in [2.24, 2.45) is 0 Å². The van der Waals surface area contributed by atoms with E-state index in [4.69, 9.17) is 0 Å². The molecule has 1 N–H and O–H groups in total. The Labute approximate surface area is 69.2 Å². The topological polar surface area (TPSA) is 46.2 Å².